The number of amides is 1. The lowest BCUT2D eigenvalue weighted by Gasteiger charge is -2.32. The third-order valence-corrected chi connectivity index (χ3v) is 3.56. The van der Waals surface area contributed by atoms with E-state index in [-0.39, 0.29) is 11.3 Å². The lowest BCUT2D eigenvalue weighted by atomic mass is 9.80. The van der Waals surface area contributed by atoms with E-state index in [0.29, 0.717) is 6.10 Å². The molecule has 0 aliphatic carbocycles. The van der Waals surface area contributed by atoms with Crippen LogP contribution in [-0.4, -0.2) is 38.3 Å². The number of carbonyl (C=O) groups is 1. The summed E-state index contributed by atoms with van der Waals surface area (Å²) >= 11 is 0. The standard InChI is InChI=1S/C14H28N2O2/c1-12(2)18-11-5-4-8-16-13(17)14(3)6-9-15-10-7-14/h12,15H,4-11H2,1-3H3,(H,16,17). The van der Waals surface area contributed by atoms with Crippen molar-refractivity contribution in [1.82, 2.24) is 10.6 Å². The summed E-state index contributed by atoms with van der Waals surface area (Å²) in [5, 5.41) is 6.35. The van der Waals surface area contributed by atoms with Crippen molar-refractivity contribution in [2.45, 2.75) is 52.6 Å². The normalized spacial score (nSPS) is 18.9. The van der Waals surface area contributed by atoms with Crippen molar-refractivity contribution in [3.63, 3.8) is 0 Å². The molecule has 0 aromatic carbocycles. The molecule has 1 amide bonds. The Hall–Kier alpha value is -0.610. The van der Waals surface area contributed by atoms with Crippen molar-refractivity contribution in [2.24, 2.45) is 5.41 Å². The largest absolute Gasteiger partial charge is 0.379 e. The third kappa shape index (κ3) is 5.36. The smallest absolute Gasteiger partial charge is 0.226 e. The molecule has 1 rings (SSSR count). The van der Waals surface area contributed by atoms with Crippen molar-refractivity contribution in [3.8, 4) is 0 Å². The molecule has 4 nitrogen and oxygen atoms in total. The summed E-state index contributed by atoms with van der Waals surface area (Å²) in [5.74, 6) is 0.216. The van der Waals surface area contributed by atoms with E-state index in [9.17, 15) is 4.79 Å². The fraction of sp³-hybridized carbons (Fsp3) is 0.929. The van der Waals surface area contributed by atoms with Gasteiger partial charge in [-0.1, -0.05) is 6.92 Å². The zero-order valence-corrected chi connectivity index (χ0v) is 12.1. The zero-order valence-electron chi connectivity index (χ0n) is 12.1. The van der Waals surface area contributed by atoms with Crippen molar-refractivity contribution in [3.05, 3.63) is 0 Å². The molecule has 0 aromatic rings. The SMILES string of the molecule is CC(C)OCCCCNC(=O)C1(C)CCNCC1. The number of nitrogens with one attached hydrogen (secondary N) is 2. The number of piperidine rings is 1. The Balaban J connectivity index is 2.09. The molecule has 1 saturated heterocycles. The van der Waals surface area contributed by atoms with E-state index in [4.69, 9.17) is 4.74 Å². The molecule has 0 spiro atoms. The number of hydrogen-bond donors (Lipinski definition) is 2. The Kier molecular flexibility index (Phi) is 6.65. The second kappa shape index (κ2) is 7.74. The van der Waals surface area contributed by atoms with Crippen LogP contribution in [0.25, 0.3) is 0 Å². The molecule has 1 heterocycles. The highest BCUT2D eigenvalue weighted by Gasteiger charge is 2.33. The van der Waals surface area contributed by atoms with Crippen LogP contribution in [-0.2, 0) is 9.53 Å². The van der Waals surface area contributed by atoms with Crippen LogP contribution in [0, 0.1) is 5.41 Å². The Morgan fingerprint density at radius 3 is 2.61 bits per heavy atom. The Morgan fingerprint density at radius 2 is 2.00 bits per heavy atom. The molecule has 0 unspecified atom stereocenters. The number of unbranched alkanes of at least 4 members (excludes halogenated alkanes) is 1. The van der Waals surface area contributed by atoms with E-state index in [2.05, 4.69) is 17.6 Å². The summed E-state index contributed by atoms with van der Waals surface area (Å²) in [5.41, 5.74) is -0.167. The van der Waals surface area contributed by atoms with Crippen LogP contribution in [0.15, 0.2) is 0 Å². The van der Waals surface area contributed by atoms with E-state index in [1.165, 1.54) is 0 Å². The first-order chi connectivity index (χ1) is 8.54. The molecular weight excluding hydrogens is 228 g/mol. The lowest BCUT2D eigenvalue weighted by molar-refractivity contribution is -0.131. The highest BCUT2D eigenvalue weighted by molar-refractivity contribution is 5.82. The molecule has 0 atom stereocenters. The summed E-state index contributed by atoms with van der Waals surface area (Å²) < 4.78 is 5.46. The molecule has 18 heavy (non-hydrogen) atoms. The van der Waals surface area contributed by atoms with Crippen molar-refractivity contribution >= 4 is 5.91 Å². The van der Waals surface area contributed by atoms with Crippen LogP contribution < -0.4 is 10.6 Å². The molecule has 1 aliphatic heterocycles. The highest BCUT2D eigenvalue weighted by Crippen LogP contribution is 2.27. The molecule has 0 radical (unpaired) electrons. The second-order valence-electron chi connectivity index (χ2n) is 5.69. The van der Waals surface area contributed by atoms with Gasteiger partial charge in [-0.2, -0.15) is 0 Å². The van der Waals surface area contributed by atoms with Gasteiger partial charge in [0, 0.05) is 18.6 Å². The summed E-state index contributed by atoms with van der Waals surface area (Å²) in [6.45, 7) is 9.61. The minimum atomic E-state index is -0.167. The van der Waals surface area contributed by atoms with E-state index in [0.717, 1.165) is 51.9 Å². The Morgan fingerprint density at radius 1 is 1.33 bits per heavy atom. The van der Waals surface area contributed by atoms with Crippen LogP contribution in [0.4, 0.5) is 0 Å². The maximum Gasteiger partial charge on any atom is 0.226 e. The van der Waals surface area contributed by atoms with E-state index in [1.54, 1.807) is 0 Å². The Labute approximate surface area is 111 Å². The van der Waals surface area contributed by atoms with E-state index < -0.39 is 0 Å². The minimum Gasteiger partial charge on any atom is -0.379 e. The van der Waals surface area contributed by atoms with Gasteiger partial charge < -0.3 is 15.4 Å². The van der Waals surface area contributed by atoms with Gasteiger partial charge >= 0.3 is 0 Å². The van der Waals surface area contributed by atoms with Crippen LogP contribution in [0.3, 0.4) is 0 Å². The zero-order chi connectivity index (χ0) is 13.4. The van der Waals surface area contributed by atoms with Crippen LogP contribution >= 0.6 is 0 Å². The quantitative estimate of drug-likeness (QED) is 0.682. The molecular formula is C14H28N2O2. The first kappa shape index (κ1) is 15.4. The predicted molar refractivity (Wildman–Crippen MR) is 73.5 cm³/mol. The van der Waals surface area contributed by atoms with Crippen LogP contribution in [0.5, 0.6) is 0 Å². The number of ether oxygens (including phenoxy) is 1. The van der Waals surface area contributed by atoms with Gasteiger partial charge in [0.05, 0.1) is 6.10 Å². The van der Waals surface area contributed by atoms with Gasteiger partial charge in [-0.05, 0) is 52.6 Å². The van der Waals surface area contributed by atoms with Crippen LogP contribution in [0.1, 0.15) is 46.5 Å². The maximum atomic E-state index is 12.1. The Bertz CT molecular complexity index is 248. The van der Waals surface area contributed by atoms with Crippen LogP contribution in [0.2, 0.25) is 0 Å². The van der Waals surface area contributed by atoms with Gasteiger partial charge in [0.15, 0.2) is 0 Å². The molecule has 0 bridgehead atoms. The van der Waals surface area contributed by atoms with Gasteiger partial charge in [-0.25, -0.2) is 0 Å². The fourth-order valence-electron chi connectivity index (χ4n) is 2.17. The summed E-state index contributed by atoms with van der Waals surface area (Å²) in [4.78, 5) is 12.1. The minimum absolute atomic E-state index is 0.167. The third-order valence-electron chi connectivity index (χ3n) is 3.56. The topological polar surface area (TPSA) is 50.4 Å². The second-order valence-corrected chi connectivity index (χ2v) is 5.69. The lowest BCUT2D eigenvalue weighted by Crippen LogP contribution is -2.46. The van der Waals surface area contributed by atoms with Gasteiger partial charge in [-0.15, -0.1) is 0 Å². The monoisotopic (exact) mass is 256 g/mol. The summed E-state index contributed by atoms with van der Waals surface area (Å²) in [6.07, 6.45) is 4.18. The predicted octanol–water partition coefficient (Wildman–Crippen LogP) is 1.70. The number of carbonyl (C=O) groups excluding carboxylic acids is 1. The maximum absolute atomic E-state index is 12.1. The first-order valence-electron chi connectivity index (χ1n) is 7.15. The number of hydrogen-bond acceptors (Lipinski definition) is 3. The number of rotatable bonds is 7. The van der Waals surface area contributed by atoms with E-state index >= 15 is 0 Å². The molecule has 0 saturated carbocycles. The average molecular weight is 256 g/mol. The molecule has 1 aliphatic rings. The van der Waals surface area contributed by atoms with Gasteiger partial charge in [0.2, 0.25) is 5.91 Å². The molecule has 2 N–H and O–H groups in total. The van der Waals surface area contributed by atoms with Gasteiger partial charge in [0.25, 0.3) is 0 Å². The highest BCUT2D eigenvalue weighted by atomic mass is 16.5. The molecule has 1 fully saturated rings. The fourth-order valence-corrected chi connectivity index (χ4v) is 2.17. The molecule has 4 heteroatoms. The molecule has 0 aromatic heterocycles. The van der Waals surface area contributed by atoms with Gasteiger partial charge in [-0.3, -0.25) is 4.79 Å². The average Bonchev–Trinajstić information content (AvgIpc) is 2.34. The van der Waals surface area contributed by atoms with Crippen molar-refractivity contribution in [1.29, 1.82) is 0 Å². The first-order valence-corrected chi connectivity index (χ1v) is 7.15. The van der Waals surface area contributed by atoms with E-state index in [1.807, 2.05) is 13.8 Å². The van der Waals surface area contributed by atoms with Crippen molar-refractivity contribution in [2.75, 3.05) is 26.2 Å². The summed E-state index contributed by atoms with van der Waals surface area (Å²) in [7, 11) is 0. The van der Waals surface area contributed by atoms with Gasteiger partial charge in [0.1, 0.15) is 0 Å². The van der Waals surface area contributed by atoms with Crippen molar-refractivity contribution < 1.29 is 9.53 Å². The summed E-state index contributed by atoms with van der Waals surface area (Å²) in [6, 6.07) is 0. The molecule has 106 valence electrons.